The number of rotatable bonds is 6. The fraction of sp³-hybridized carbons (Fsp3) is 0.250. The maximum atomic E-state index is 12.5. The third-order valence-electron chi connectivity index (χ3n) is 5.22. The summed E-state index contributed by atoms with van der Waals surface area (Å²) >= 11 is 9.04. The molecule has 0 saturated carbocycles. The van der Waals surface area contributed by atoms with Crippen LogP contribution in [0.1, 0.15) is 34.9 Å². The lowest BCUT2D eigenvalue weighted by Crippen LogP contribution is -2.14. The van der Waals surface area contributed by atoms with E-state index >= 15 is 0 Å². The summed E-state index contributed by atoms with van der Waals surface area (Å²) in [6, 6.07) is 13.6. The highest BCUT2D eigenvalue weighted by atomic mass is 35.5. The third-order valence-corrected chi connectivity index (χ3v) is 7.72. The number of nitriles is 1. The Morgan fingerprint density at radius 3 is 2.97 bits per heavy atom. The highest BCUT2D eigenvalue weighted by Gasteiger charge is 2.24. The molecule has 1 unspecified atom stereocenters. The number of halogens is 1. The Balaban J connectivity index is 1.34. The van der Waals surface area contributed by atoms with E-state index in [1.807, 2.05) is 36.4 Å². The Labute approximate surface area is 200 Å². The number of fused-ring (bicyclic) bond motifs is 1. The average molecular weight is 481 g/mol. The predicted molar refractivity (Wildman–Crippen MR) is 133 cm³/mol. The van der Waals surface area contributed by atoms with E-state index in [0.29, 0.717) is 21.6 Å². The summed E-state index contributed by atoms with van der Waals surface area (Å²) in [7, 11) is 0. The van der Waals surface area contributed by atoms with Crippen LogP contribution in [0, 0.1) is 17.2 Å². The molecule has 4 rings (SSSR count). The number of nitrogens with zero attached hydrogens (tertiary/aromatic N) is 3. The molecule has 8 heteroatoms. The van der Waals surface area contributed by atoms with E-state index < -0.39 is 0 Å². The van der Waals surface area contributed by atoms with Crippen molar-refractivity contribution in [2.75, 3.05) is 11.1 Å². The normalized spacial score (nSPS) is 15.3. The standard InChI is InChI=1S/C24H21ClN4OS2/c1-15-4-9-19-20(12-26)24(32-21(19)11-15)29-22(30)14-31-18-7-5-17(6-8-18)28-13-16-3-2-10-27-23(16)25/h2-3,5-8,10,13,15H,4,9,11,14H2,1H3,(H,29,30). The molecule has 1 aliphatic rings. The molecular formula is C24H21ClN4OS2. The van der Waals surface area contributed by atoms with Crippen LogP contribution in [-0.4, -0.2) is 22.9 Å². The van der Waals surface area contributed by atoms with Crippen LogP contribution < -0.4 is 5.32 Å². The first-order valence-electron chi connectivity index (χ1n) is 10.3. The monoisotopic (exact) mass is 480 g/mol. The molecule has 1 atom stereocenters. The lowest BCUT2D eigenvalue weighted by molar-refractivity contribution is -0.113. The Kier molecular flexibility index (Phi) is 7.26. The second kappa shape index (κ2) is 10.3. The van der Waals surface area contributed by atoms with Crippen molar-refractivity contribution in [1.82, 2.24) is 4.98 Å². The summed E-state index contributed by atoms with van der Waals surface area (Å²) in [5, 5.41) is 13.6. The molecule has 5 nitrogen and oxygen atoms in total. The van der Waals surface area contributed by atoms with Crippen LogP contribution in [0.4, 0.5) is 10.7 Å². The predicted octanol–water partition coefficient (Wildman–Crippen LogP) is 6.27. The van der Waals surface area contributed by atoms with Gasteiger partial charge in [-0.05, 0) is 67.1 Å². The molecule has 0 aliphatic heterocycles. The van der Waals surface area contributed by atoms with Crippen molar-refractivity contribution in [3.63, 3.8) is 0 Å². The van der Waals surface area contributed by atoms with Crippen molar-refractivity contribution in [1.29, 1.82) is 5.26 Å². The van der Waals surface area contributed by atoms with E-state index in [1.54, 1.807) is 23.7 Å². The largest absolute Gasteiger partial charge is 0.316 e. The number of hydrogen-bond donors (Lipinski definition) is 1. The molecule has 0 saturated heterocycles. The molecule has 1 aromatic carbocycles. The first kappa shape index (κ1) is 22.5. The molecular weight excluding hydrogens is 460 g/mol. The van der Waals surface area contributed by atoms with Gasteiger partial charge >= 0.3 is 0 Å². The van der Waals surface area contributed by atoms with Gasteiger partial charge in [-0.1, -0.05) is 18.5 Å². The van der Waals surface area contributed by atoms with Crippen molar-refractivity contribution in [2.24, 2.45) is 10.9 Å². The SMILES string of the molecule is CC1CCc2c(sc(NC(=O)CSc3ccc(N=Cc4cccnc4Cl)cc3)c2C#N)C1. The van der Waals surface area contributed by atoms with Crippen LogP contribution in [0.2, 0.25) is 5.15 Å². The van der Waals surface area contributed by atoms with Crippen LogP contribution in [0.3, 0.4) is 0 Å². The number of anilines is 1. The number of aromatic nitrogens is 1. The van der Waals surface area contributed by atoms with Crippen molar-refractivity contribution < 1.29 is 4.79 Å². The van der Waals surface area contributed by atoms with Crippen LogP contribution >= 0.6 is 34.7 Å². The number of amides is 1. The lowest BCUT2D eigenvalue weighted by Gasteiger charge is -2.17. The van der Waals surface area contributed by atoms with Gasteiger partial charge in [-0.15, -0.1) is 23.1 Å². The Bertz CT molecular complexity index is 1200. The van der Waals surface area contributed by atoms with Crippen LogP contribution in [0.25, 0.3) is 0 Å². The number of nitrogens with one attached hydrogen (secondary N) is 1. The third kappa shape index (κ3) is 5.39. The lowest BCUT2D eigenvalue weighted by atomic mass is 9.89. The fourth-order valence-electron chi connectivity index (χ4n) is 3.54. The average Bonchev–Trinajstić information content (AvgIpc) is 3.13. The zero-order chi connectivity index (χ0) is 22.5. The molecule has 2 heterocycles. The quantitative estimate of drug-likeness (QED) is 0.256. The first-order chi connectivity index (χ1) is 15.5. The molecule has 0 fully saturated rings. The molecule has 0 bridgehead atoms. The minimum atomic E-state index is -0.105. The van der Waals surface area contributed by atoms with Gasteiger partial charge in [0.1, 0.15) is 16.2 Å². The van der Waals surface area contributed by atoms with E-state index in [-0.39, 0.29) is 11.7 Å². The molecule has 1 N–H and O–H groups in total. The minimum absolute atomic E-state index is 0.105. The van der Waals surface area contributed by atoms with Gasteiger partial charge in [-0.3, -0.25) is 9.79 Å². The van der Waals surface area contributed by atoms with Crippen molar-refractivity contribution in [3.8, 4) is 6.07 Å². The van der Waals surface area contributed by atoms with Gasteiger partial charge in [0.25, 0.3) is 0 Å². The zero-order valence-corrected chi connectivity index (χ0v) is 19.9. The van der Waals surface area contributed by atoms with Gasteiger partial charge < -0.3 is 5.32 Å². The summed E-state index contributed by atoms with van der Waals surface area (Å²) in [5.74, 6) is 0.796. The fourth-order valence-corrected chi connectivity index (χ4v) is 5.78. The summed E-state index contributed by atoms with van der Waals surface area (Å²) in [4.78, 5) is 23.2. The molecule has 1 aliphatic carbocycles. The number of aliphatic imine (C=N–C) groups is 1. The second-order valence-corrected chi connectivity index (χ2v) is 10.2. The molecule has 32 heavy (non-hydrogen) atoms. The number of thiophene rings is 1. The van der Waals surface area contributed by atoms with E-state index in [1.165, 1.54) is 16.6 Å². The number of carbonyl (C=O) groups excluding carboxylic acids is 1. The Morgan fingerprint density at radius 1 is 1.41 bits per heavy atom. The number of pyridine rings is 1. The van der Waals surface area contributed by atoms with Crippen molar-refractivity contribution in [2.45, 2.75) is 31.1 Å². The van der Waals surface area contributed by atoms with Crippen molar-refractivity contribution in [3.05, 3.63) is 69.3 Å². The maximum absolute atomic E-state index is 12.5. The van der Waals surface area contributed by atoms with Gasteiger partial charge in [0, 0.05) is 27.7 Å². The summed E-state index contributed by atoms with van der Waals surface area (Å²) in [6.45, 7) is 2.23. The van der Waals surface area contributed by atoms with Gasteiger partial charge in [-0.25, -0.2) is 4.98 Å². The van der Waals surface area contributed by atoms with E-state index in [0.717, 1.165) is 41.0 Å². The van der Waals surface area contributed by atoms with E-state index in [9.17, 15) is 10.1 Å². The molecule has 0 radical (unpaired) electrons. The molecule has 0 spiro atoms. The van der Waals surface area contributed by atoms with Crippen LogP contribution in [-0.2, 0) is 17.6 Å². The maximum Gasteiger partial charge on any atom is 0.235 e. The van der Waals surface area contributed by atoms with E-state index in [4.69, 9.17) is 11.6 Å². The summed E-state index contributed by atoms with van der Waals surface area (Å²) < 4.78 is 0. The van der Waals surface area contributed by atoms with Crippen LogP contribution in [0.15, 0.2) is 52.5 Å². The molecule has 2 aromatic heterocycles. The highest BCUT2D eigenvalue weighted by Crippen LogP contribution is 2.39. The molecule has 3 aromatic rings. The Hall–Kier alpha value is -2.66. The highest BCUT2D eigenvalue weighted by molar-refractivity contribution is 8.00. The van der Waals surface area contributed by atoms with Gasteiger partial charge in [0.05, 0.1) is 17.0 Å². The van der Waals surface area contributed by atoms with E-state index in [2.05, 4.69) is 28.3 Å². The number of thioether (sulfide) groups is 1. The van der Waals surface area contributed by atoms with Gasteiger partial charge in [0.15, 0.2) is 0 Å². The molecule has 1 amide bonds. The smallest absolute Gasteiger partial charge is 0.235 e. The van der Waals surface area contributed by atoms with Gasteiger partial charge in [0.2, 0.25) is 5.91 Å². The number of hydrogen-bond acceptors (Lipinski definition) is 6. The summed E-state index contributed by atoms with van der Waals surface area (Å²) in [5.41, 5.74) is 3.31. The number of carbonyl (C=O) groups is 1. The van der Waals surface area contributed by atoms with Crippen molar-refractivity contribution >= 4 is 57.5 Å². The molecule has 162 valence electrons. The Morgan fingerprint density at radius 2 is 2.22 bits per heavy atom. The summed E-state index contributed by atoms with van der Waals surface area (Å²) in [6.07, 6.45) is 6.32. The second-order valence-electron chi connectivity index (χ2n) is 7.64. The first-order valence-corrected chi connectivity index (χ1v) is 12.4. The zero-order valence-electron chi connectivity index (χ0n) is 17.5. The minimum Gasteiger partial charge on any atom is -0.316 e. The van der Waals surface area contributed by atoms with Crippen LogP contribution in [0.5, 0.6) is 0 Å². The number of benzene rings is 1. The van der Waals surface area contributed by atoms with Gasteiger partial charge in [-0.2, -0.15) is 5.26 Å². The topological polar surface area (TPSA) is 78.1 Å².